The summed E-state index contributed by atoms with van der Waals surface area (Å²) in [6.07, 6.45) is -3.85. The number of aryl methyl sites for hydroxylation is 1. The molecule has 36 heavy (non-hydrogen) atoms. The number of aromatic amines is 2. The Morgan fingerprint density at radius 3 is 2.42 bits per heavy atom. The van der Waals surface area contributed by atoms with Gasteiger partial charge in [0.15, 0.2) is 0 Å². The van der Waals surface area contributed by atoms with Crippen molar-refractivity contribution in [1.82, 2.24) is 29.9 Å². The lowest BCUT2D eigenvalue weighted by molar-refractivity contribution is -0.192. The second-order valence-corrected chi connectivity index (χ2v) is 7.36. The molecule has 0 aliphatic carbocycles. The molecule has 4 aromatic rings. The quantitative estimate of drug-likeness (QED) is 0.300. The molecule has 0 bridgehead atoms. The number of H-pyrrole nitrogens is 2. The van der Waals surface area contributed by atoms with Gasteiger partial charge in [-0.2, -0.15) is 32.1 Å². The van der Waals surface area contributed by atoms with Crippen molar-refractivity contribution in [3.63, 3.8) is 0 Å². The molecule has 0 spiro atoms. The monoisotopic (exact) mass is 511 g/mol. The third-order valence-corrected chi connectivity index (χ3v) is 4.91. The number of alkyl halides is 3. The summed E-state index contributed by atoms with van der Waals surface area (Å²) >= 11 is 0. The highest BCUT2D eigenvalue weighted by Gasteiger charge is 2.38. The van der Waals surface area contributed by atoms with Crippen LogP contribution in [0.2, 0.25) is 0 Å². The van der Waals surface area contributed by atoms with E-state index in [0.29, 0.717) is 11.4 Å². The molecule has 190 valence electrons. The van der Waals surface area contributed by atoms with E-state index in [2.05, 4.69) is 25.4 Å². The van der Waals surface area contributed by atoms with Gasteiger partial charge >= 0.3 is 17.8 Å². The first kappa shape index (κ1) is 26.2. The smallest absolute Gasteiger partial charge is 0.475 e. The zero-order chi connectivity index (χ0) is 26.6. The van der Waals surface area contributed by atoms with Crippen molar-refractivity contribution in [3.8, 4) is 16.9 Å². The van der Waals surface area contributed by atoms with Crippen molar-refractivity contribution in [2.45, 2.75) is 19.5 Å². The third kappa shape index (κ3) is 5.80. The number of aliphatic carboxylic acids is 1. The number of fused-ring (bicyclic) bond motifs is 1. The molecule has 0 aliphatic heterocycles. The van der Waals surface area contributed by atoms with Crippen LogP contribution in [0.4, 0.5) is 22.0 Å². The molecule has 0 atom stereocenters. The summed E-state index contributed by atoms with van der Waals surface area (Å²) in [5.41, 5.74) is 7.89. The maximum Gasteiger partial charge on any atom is 0.490 e. The molecule has 1 aromatic carbocycles. The van der Waals surface area contributed by atoms with E-state index in [1.807, 2.05) is 24.3 Å². The molecule has 3 aromatic heterocycles. The Kier molecular flexibility index (Phi) is 7.62. The maximum atomic E-state index is 13.0. The Morgan fingerprint density at radius 2 is 1.83 bits per heavy atom. The van der Waals surface area contributed by atoms with Crippen LogP contribution in [0, 0.1) is 6.92 Å². The highest BCUT2D eigenvalue weighted by atomic mass is 19.4. The molecule has 0 fully saturated rings. The van der Waals surface area contributed by atoms with E-state index < -0.39 is 23.9 Å². The topological polar surface area (TPSA) is 156 Å². The van der Waals surface area contributed by atoms with E-state index in [9.17, 15) is 26.7 Å². The Morgan fingerprint density at radius 1 is 1.14 bits per heavy atom. The Bertz CT molecular complexity index is 1480. The maximum absolute atomic E-state index is 13.0. The number of carboxylic acids is 1. The molecule has 0 saturated heterocycles. The summed E-state index contributed by atoms with van der Waals surface area (Å²) in [6.45, 7) is 1.46. The summed E-state index contributed by atoms with van der Waals surface area (Å²) in [5, 5.41) is 21.2. The number of nitrogens with zero attached hydrogens (tertiary/aromatic N) is 4. The third-order valence-electron chi connectivity index (χ3n) is 4.91. The van der Waals surface area contributed by atoms with E-state index in [1.165, 1.54) is 4.57 Å². The number of hydrogen-bond donors (Lipinski definition) is 4. The molecule has 15 heteroatoms. The average Bonchev–Trinajstić information content (AvgIpc) is 3.42. The van der Waals surface area contributed by atoms with E-state index in [0.717, 1.165) is 22.0 Å². The van der Waals surface area contributed by atoms with Gasteiger partial charge in [-0.15, -0.1) is 0 Å². The number of carbonyl (C=O) groups is 1. The minimum Gasteiger partial charge on any atom is -0.475 e. The molecule has 3 heterocycles. The van der Waals surface area contributed by atoms with Gasteiger partial charge in [0.05, 0.1) is 11.7 Å². The predicted octanol–water partition coefficient (Wildman–Crippen LogP) is 3.09. The molecular weight excluding hydrogens is 493 g/mol. The number of carboxylic acid groups (broad SMARTS) is 1. The summed E-state index contributed by atoms with van der Waals surface area (Å²) in [5.74, 6) is -2.32. The van der Waals surface area contributed by atoms with Crippen LogP contribution in [-0.4, -0.2) is 53.7 Å². The lowest BCUT2D eigenvalue weighted by Crippen LogP contribution is -2.21. The van der Waals surface area contributed by atoms with E-state index >= 15 is 0 Å². The number of rotatable bonds is 5. The summed E-state index contributed by atoms with van der Waals surface area (Å²) in [7, 11) is 0. The SMILES string of the molecule is Cc1cc(-c2ccc3cn[nH]c3c2)cnc1-n1c(CC(CN)=C(F)F)n[nH]c1=O.O=C(O)C(F)(F)F. The lowest BCUT2D eigenvalue weighted by Gasteiger charge is -2.10. The van der Waals surface area contributed by atoms with Gasteiger partial charge in [-0.05, 0) is 30.2 Å². The minimum atomic E-state index is -5.08. The number of hydrogen-bond acceptors (Lipinski definition) is 6. The van der Waals surface area contributed by atoms with E-state index in [-0.39, 0.29) is 24.4 Å². The van der Waals surface area contributed by atoms with Gasteiger partial charge < -0.3 is 10.8 Å². The minimum absolute atomic E-state index is 0.116. The van der Waals surface area contributed by atoms with Crippen molar-refractivity contribution >= 4 is 16.9 Å². The molecular formula is C21H18F5N7O3. The molecule has 4 rings (SSSR count). The number of aromatic nitrogens is 6. The largest absolute Gasteiger partial charge is 0.490 e. The first-order valence-electron chi connectivity index (χ1n) is 10.0. The fraction of sp³-hybridized carbons (Fsp3) is 0.190. The summed E-state index contributed by atoms with van der Waals surface area (Å²) < 4.78 is 58.9. The Labute approximate surface area is 198 Å². The fourth-order valence-corrected chi connectivity index (χ4v) is 3.15. The molecule has 0 unspecified atom stereocenters. The van der Waals surface area contributed by atoms with Crippen LogP contribution in [-0.2, 0) is 11.2 Å². The second-order valence-electron chi connectivity index (χ2n) is 7.36. The van der Waals surface area contributed by atoms with Crippen LogP contribution in [0.15, 0.2) is 53.1 Å². The molecule has 5 N–H and O–H groups in total. The molecule has 0 radical (unpaired) electrons. The van der Waals surface area contributed by atoms with Crippen LogP contribution >= 0.6 is 0 Å². The van der Waals surface area contributed by atoms with Gasteiger partial charge in [-0.3, -0.25) is 5.10 Å². The van der Waals surface area contributed by atoms with Crippen molar-refractivity contribution in [2.24, 2.45) is 5.73 Å². The van der Waals surface area contributed by atoms with E-state index in [4.69, 9.17) is 15.6 Å². The molecule has 0 amide bonds. The first-order chi connectivity index (χ1) is 16.9. The highest BCUT2D eigenvalue weighted by Crippen LogP contribution is 2.25. The van der Waals surface area contributed by atoms with Gasteiger partial charge in [-0.1, -0.05) is 12.1 Å². The van der Waals surface area contributed by atoms with Gasteiger partial charge in [0.2, 0.25) is 0 Å². The van der Waals surface area contributed by atoms with Gasteiger partial charge in [0, 0.05) is 35.7 Å². The van der Waals surface area contributed by atoms with Crippen molar-refractivity contribution in [3.05, 3.63) is 70.2 Å². The normalized spacial score (nSPS) is 11.2. The fourth-order valence-electron chi connectivity index (χ4n) is 3.15. The zero-order valence-corrected chi connectivity index (χ0v) is 18.4. The number of nitrogens with two attached hydrogens (primary N) is 1. The number of pyridine rings is 1. The molecule has 0 saturated carbocycles. The van der Waals surface area contributed by atoms with Crippen LogP contribution in [0.1, 0.15) is 11.4 Å². The number of nitrogens with one attached hydrogen (secondary N) is 2. The van der Waals surface area contributed by atoms with Gasteiger partial charge in [0.25, 0.3) is 6.08 Å². The lowest BCUT2D eigenvalue weighted by atomic mass is 10.0. The molecule has 10 nitrogen and oxygen atoms in total. The van der Waals surface area contributed by atoms with Crippen LogP contribution < -0.4 is 11.4 Å². The summed E-state index contributed by atoms with van der Waals surface area (Å²) in [4.78, 5) is 25.6. The zero-order valence-electron chi connectivity index (χ0n) is 18.4. The Balaban J connectivity index is 0.000000454. The van der Waals surface area contributed by atoms with Crippen molar-refractivity contribution < 1.29 is 31.9 Å². The van der Waals surface area contributed by atoms with Crippen LogP contribution in [0.3, 0.4) is 0 Å². The van der Waals surface area contributed by atoms with Crippen molar-refractivity contribution in [1.29, 1.82) is 0 Å². The number of halogens is 5. The van der Waals surface area contributed by atoms with Crippen molar-refractivity contribution in [2.75, 3.05) is 6.54 Å². The highest BCUT2D eigenvalue weighted by molar-refractivity contribution is 5.83. The Hall–Kier alpha value is -4.40. The van der Waals surface area contributed by atoms with E-state index in [1.54, 1.807) is 19.3 Å². The first-order valence-corrected chi connectivity index (χ1v) is 10.0. The standard InChI is InChI=1S/C19H17F2N7O.C2HF3O2/c1-10-4-14(11-2-3-12-9-24-25-15(12)5-11)8-23-18(10)28-16(26-27-19(28)29)6-13(7-22)17(20)21;3-2(4,5)1(6)7/h2-5,8-9H,6-7,22H2,1H3,(H,24,25)(H,27,29);(H,6,7). The predicted molar refractivity (Wildman–Crippen MR) is 117 cm³/mol. The van der Waals surface area contributed by atoms with Crippen LogP contribution in [0.5, 0.6) is 0 Å². The average molecular weight is 511 g/mol. The van der Waals surface area contributed by atoms with Gasteiger partial charge in [0.1, 0.15) is 11.6 Å². The summed E-state index contributed by atoms with van der Waals surface area (Å²) in [6, 6.07) is 7.73. The van der Waals surface area contributed by atoms with Gasteiger partial charge in [-0.25, -0.2) is 24.2 Å². The van der Waals surface area contributed by atoms with Crippen LogP contribution in [0.25, 0.3) is 27.8 Å². The number of benzene rings is 1. The second kappa shape index (κ2) is 10.5. The molecule has 0 aliphatic rings.